The molecule has 6 heteroatoms. The van der Waals surface area contributed by atoms with Gasteiger partial charge in [-0.1, -0.05) is 25.1 Å². The summed E-state index contributed by atoms with van der Waals surface area (Å²) < 4.78 is 7.63. The Labute approximate surface area is 142 Å². The van der Waals surface area contributed by atoms with Crippen LogP contribution in [0.2, 0.25) is 0 Å². The Balaban J connectivity index is 1.64. The standard InChI is InChI=1S/C18H24N4O2/c1-3-21-11-12-22(13-16(21)18-19-9-10-20(18)2)17(23)14-24-15-7-5-4-6-8-15/h4-10,16H,3,11-14H2,1-2H3/t16-/m1/s1. The highest BCUT2D eigenvalue weighted by molar-refractivity contribution is 5.78. The van der Waals surface area contributed by atoms with Gasteiger partial charge in [-0.15, -0.1) is 0 Å². The van der Waals surface area contributed by atoms with Crippen LogP contribution in [0.3, 0.4) is 0 Å². The van der Waals surface area contributed by atoms with E-state index < -0.39 is 0 Å². The van der Waals surface area contributed by atoms with Crippen LogP contribution in [0.1, 0.15) is 18.8 Å². The van der Waals surface area contributed by atoms with Crippen LogP contribution in [0.4, 0.5) is 0 Å². The van der Waals surface area contributed by atoms with Crippen LogP contribution in [0, 0.1) is 0 Å². The first-order valence-corrected chi connectivity index (χ1v) is 8.36. The van der Waals surface area contributed by atoms with Crippen LogP contribution in [-0.2, 0) is 11.8 Å². The van der Waals surface area contributed by atoms with E-state index in [0.29, 0.717) is 6.54 Å². The van der Waals surface area contributed by atoms with E-state index in [0.717, 1.165) is 31.2 Å². The van der Waals surface area contributed by atoms with Gasteiger partial charge in [-0.3, -0.25) is 9.69 Å². The number of para-hydroxylation sites is 1. The summed E-state index contributed by atoms with van der Waals surface area (Å²) in [6, 6.07) is 9.58. The van der Waals surface area contributed by atoms with E-state index in [4.69, 9.17) is 4.74 Å². The fourth-order valence-corrected chi connectivity index (χ4v) is 3.12. The molecule has 3 rings (SSSR count). The third-order valence-electron chi connectivity index (χ3n) is 4.51. The van der Waals surface area contributed by atoms with Crippen LogP contribution in [0.5, 0.6) is 5.75 Å². The Morgan fingerprint density at radius 3 is 2.75 bits per heavy atom. The minimum absolute atomic E-state index is 0.0221. The van der Waals surface area contributed by atoms with Crippen molar-refractivity contribution in [1.82, 2.24) is 19.4 Å². The molecule has 1 aliphatic heterocycles. The van der Waals surface area contributed by atoms with Crippen molar-refractivity contribution < 1.29 is 9.53 Å². The molecule has 1 amide bonds. The number of aryl methyl sites for hydroxylation is 1. The Kier molecular flexibility index (Phi) is 5.15. The summed E-state index contributed by atoms with van der Waals surface area (Å²) in [6.45, 7) is 5.39. The van der Waals surface area contributed by atoms with Crippen LogP contribution in [-0.4, -0.2) is 58.0 Å². The highest BCUT2D eigenvalue weighted by Crippen LogP contribution is 2.23. The van der Waals surface area contributed by atoms with Crippen molar-refractivity contribution in [2.24, 2.45) is 7.05 Å². The van der Waals surface area contributed by atoms with Gasteiger partial charge in [-0.05, 0) is 18.7 Å². The molecule has 0 N–H and O–H groups in total. The molecular formula is C18H24N4O2. The van der Waals surface area contributed by atoms with Gasteiger partial charge >= 0.3 is 0 Å². The number of hydrogen-bond donors (Lipinski definition) is 0. The Morgan fingerprint density at radius 1 is 1.29 bits per heavy atom. The van der Waals surface area contributed by atoms with Crippen LogP contribution < -0.4 is 4.74 Å². The monoisotopic (exact) mass is 328 g/mol. The number of carbonyl (C=O) groups excluding carboxylic acids is 1. The van der Waals surface area contributed by atoms with E-state index in [1.807, 2.05) is 59.2 Å². The zero-order valence-electron chi connectivity index (χ0n) is 14.3. The van der Waals surface area contributed by atoms with Crippen molar-refractivity contribution in [1.29, 1.82) is 0 Å². The maximum Gasteiger partial charge on any atom is 0.260 e. The maximum atomic E-state index is 12.5. The second-order valence-corrected chi connectivity index (χ2v) is 5.98. The lowest BCUT2D eigenvalue weighted by Gasteiger charge is -2.40. The summed E-state index contributed by atoms with van der Waals surface area (Å²) in [5, 5.41) is 0. The van der Waals surface area contributed by atoms with Crippen LogP contribution in [0.15, 0.2) is 42.7 Å². The van der Waals surface area contributed by atoms with Gasteiger partial charge in [0.05, 0.1) is 6.04 Å². The zero-order valence-corrected chi connectivity index (χ0v) is 14.3. The summed E-state index contributed by atoms with van der Waals surface area (Å²) in [5.74, 6) is 1.74. The lowest BCUT2D eigenvalue weighted by molar-refractivity contribution is -0.136. The molecule has 1 saturated heterocycles. The van der Waals surface area contributed by atoms with Crippen molar-refractivity contribution in [2.75, 3.05) is 32.8 Å². The van der Waals surface area contributed by atoms with Crippen molar-refractivity contribution in [3.05, 3.63) is 48.5 Å². The first-order chi connectivity index (χ1) is 11.7. The van der Waals surface area contributed by atoms with Gasteiger partial charge in [0.2, 0.25) is 0 Å². The summed E-state index contributed by atoms with van der Waals surface area (Å²) in [7, 11) is 2.00. The predicted molar refractivity (Wildman–Crippen MR) is 91.7 cm³/mol. The molecule has 128 valence electrons. The molecule has 1 aromatic carbocycles. The molecule has 0 unspecified atom stereocenters. The average Bonchev–Trinajstić information content (AvgIpc) is 3.05. The molecule has 0 spiro atoms. The first kappa shape index (κ1) is 16.5. The SMILES string of the molecule is CCN1CCN(C(=O)COc2ccccc2)C[C@@H]1c1nccn1C. The summed E-state index contributed by atoms with van der Waals surface area (Å²) in [4.78, 5) is 21.2. The molecule has 0 bridgehead atoms. The second kappa shape index (κ2) is 7.49. The van der Waals surface area contributed by atoms with Gasteiger partial charge in [0.1, 0.15) is 11.6 Å². The topological polar surface area (TPSA) is 50.6 Å². The highest BCUT2D eigenvalue weighted by atomic mass is 16.5. The number of carbonyl (C=O) groups is 1. The molecule has 1 fully saturated rings. The van der Waals surface area contributed by atoms with Crippen molar-refractivity contribution in [2.45, 2.75) is 13.0 Å². The second-order valence-electron chi connectivity index (χ2n) is 5.98. The number of benzene rings is 1. The maximum absolute atomic E-state index is 12.5. The molecule has 24 heavy (non-hydrogen) atoms. The number of ether oxygens (including phenoxy) is 1. The number of nitrogens with zero attached hydrogens (tertiary/aromatic N) is 4. The van der Waals surface area contributed by atoms with E-state index in [2.05, 4.69) is 16.8 Å². The number of imidazole rings is 1. The molecule has 1 aliphatic rings. The zero-order chi connectivity index (χ0) is 16.9. The van der Waals surface area contributed by atoms with E-state index in [1.165, 1.54) is 0 Å². The van der Waals surface area contributed by atoms with Crippen molar-refractivity contribution in [3.8, 4) is 5.75 Å². The van der Waals surface area contributed by atoms with Crippen molar-refractivity contribution >= 4 is 5.91 Å². The fraction of sp³-hybridized carbons (Fsp3) is 0.444. The molecule has 6 nitrogen and oxygen atoms in total. The predicted octanol–water partition coefficient (Wildman–Crippen LogP) is 1.70. The lowest BCUT2D eigenvalue weighted by atomic mass is 10.1. The third kappa shape index (κ3) is 3.59. The van der Waals surface area contributed by atoms with Crippen molar-refractivity contribution in [3.63, 3.8) is 0 Å². The molecule has 2 aromatic rings. The molecular weight excluding hydrogens is 304 g/mol. The normalized spacial score (nSPS) is 18.6. The quantitative estimate of drug-likeness (QED) is 0.838. The largest absolute Gasteiger partial charge is 0.484 e. The molecule has 0 radical (unpaired) electrons. The molecule has 1 aromatic heterocycles. The van der Waals surface area contributed by atoms with Gasteiger partial charge < -0.3 is 14.2 Å². The summed E-state index contributed by atoms with van der Waals surface area (Å²) in [5.41, 5.74) is 0. The number of amides is 1. The number of likely N-dealkylation sites (N-methyl/N-ethyl adjacent to an activating group) is 1. The van der Waals surface area contributed by atoms with Gasteiger partial charge in [0, 0.05) is 39.1 Å². The Morgan fingerprint density at radius 2 is 2.08 bits per heavy atom. The van der Waals surface area contributed by atoms with Gasteiger partial charge in [0.25, 0.3) is 5.91 Å². The van der Waals surface area contributed by atoms with Gasteiger partial charge in [-0.2, -0.15) is 0 Å². The molecule has 1 atom stereocenters. The third-order valence-corrected chi connectivity index (χ3v) is 4.51. The van der Waals surface area contributed by atoms with Crippen LogP contribution in [0.25, 0.3) is 0 Å². The first-order valence-electron chi connectivity index (χ1n) is 8.36. The van der Waals surface area contributed by atoms with Gasteiger partial charge in [0.15, 0.2) is 6.61 Å². The van der Waals surface area contributed by atoms with E-state index in [1.54, 1.807) is 0 Å². The van der Waals surface area contributed by atoms with E-state index in [9.17, 15) is 4.79 Å². The number of rotatable bonds is 5. The van der Waals surface area contributed by atoms with E-state index in [-0.39, 0.29) is 18.6 Å². The fourth-order valence-electron chi connectivity index (χ4n) is 3.12. The summed E-state index contributed by atoms with van der Waals surface area (Å²) >= 11 is 0. The minimum atomic E-state index is 0.0221. The smallest absolute Gasteiger partial charge is 0.260 e. The molecule has 2 heterocycles. The highest BCUT2D eigenvalue weighted by Gasteiger charge is 2.31. The van der Waals surface area contributed by atoms with E-state index >= 15 is 0 Å². The number of hydrogen-bond acceptors (Lipinski definition) is 4. The molecule has 0 aliphatic carbocycles. The Bertz CT molecular complexity index is 671. The molecule has 0 saturated carbocycles. The minimum Gasteiger partial charge on any atom is -0.484 e. The average molecular weight is 328 g/mol. The van der Waals surface area contributed by atoms with Gasteiger partial charge in [-0.25, -0.2) is 4.98 Å². The Hall–Kier alpha value is -2.34. The number of piperazine rings is 1. The lowest BCUT2D eigenvalue weighted by Crippen LogP contribution is -2.52. The number of aromatic nitrogens is 2. The summed E-state index contributed by atoms with van der Waals surface area (Å²) in [6.07, 6.45) is 3.75. The van der Waals surface area contributed by atoms with Crippen LogP contribution >= 0.6 is 0 Å².